The van der Waals surface area contributed by atoms with Crippen molar-refractivity contribution in [2.75, 3.05) is 10.6 Å². The van der Waals surface area contributed by atoms with Crippen molar-refractivity contribution in [1.82, 2.24) is 0 Å². The van der Waals surface area contributed by atoms with E-state index < -0.39 is 46.5 Å². The molecule has 2 rings (SSSR count). The van der Waals surface area contributed by atoms with E-state index >= 15 is 0 Å². The first-order valence-electron chi connectivity index (χ1n) is 8.86. The highest BCUT2D eigenvalue weighted by molar-refractivity contribution is 5.91. The van der Waals surface area contributed by atoms with E-state index in [9.17, 15) is 27.2 Å². The van der Waals surface area contributed by atoms with Gasteiger partial charge in [-0.25, -0.2) is 17.6 Å². The van der Waals surface area contributed by atoms with E-state index in [-0.39, 0.29) is 12.8 Å². The van der Waals surface area contributed by atoms with Crippen molar-refractivity contribution in [2.45, 2.75) is 38.5 Å². The number of hydrogen-bond donors (Lipinski definition) is 2. The maximum Gasteiger partial charge on any atom is 0.224 e. The molecule has 150 valence electrons. The third kappa shape index (κ3) is 6.37. The normalized spacial score (nSPS) is 10.6. The number of anilines is 2. The lowest BCUT2D eigenvalue weighted by atomic mass is 10.1. The lowest BCUT2D eigenvalue weighted by Crippen LogP contribution is -2.14. The summed E-state index contributed by atoms with van der Waals surface area (Å²) in [6, 6.07) is 6.62. The largest absolute Gasteiger partial charge is 0.321 e. The van der Waals surface area contributed by atoms with Gasteiger partial charge in [0.1, 0.15) is 34.6 Å². The SMILES string of the molecule is O=C(CCCCCCC(=O)Nc1c(F)cccc1F)Nc1c(F)cccc1F. The molecule has 8 heteroatoms. The molecule has 0 aliphatic carbocycles. The van der Waals surface area contributed by atoms with Crippen LogP contribution < -0.4 is 10.6 Å². The lowest BCUT2D eigenvalue weighted by Gasteiger charge is -2.08. The van der Waals surface area contributed by atoms with Gasteiger partial charge in [0.05, 0.1) is 0 Å². The van der Waals surface area contributed by atoms with Crippen LogP contribution >= 0.6 is 0 Å². The molecule has 0 saturated heterocycles. The molecule has 0 bridgehead atoms. The van der Waals surface area contributed by atoms with Crippen molar-refractivity contribution >= 4 is 23.2 Å². The van der Waals surface area contributed by atoms with Crippen LogP contribution in [0.5, 0.6) is 0 Å². The highest BCUT2D eigenvalue weighted by Gasteiger charge is 2.13. The van der Waals surface area contributed by atoms with Gasteiger partial charge in [0.25, 0.3) is 0 Å². The number of unbranched alkanes of at least 4 members (excludes halogenated alkanes) is 3. The van der Waals surface area contributed by atoms with Crippen LogP contribution in [0.2, 0.25) is 0 Å². The lowest BCUT2D eigenvalue weighted by molar-refractivity contribution is -0.117. The van der Waals surface area contributed by atoms with E-state index in [2.05, 4.69) is 10.6 Å². The first-order valence-corrected chi connectivity index (χ1v) is 8.86. The molecule has 0 spiro atoms. The third-order valence-electron chi connectivity index (χ3n) is 4.01. The van der Waals surface area contributed by atoms with E-state index in [0.717, 1.165) is 24.3 Å². The Hall–Kier alpha value is -2.90. The Balaban J connectivity index is 1.63. The standard InChI is InChI=1S/C20H20F4N2O2/c21-13-7-5-8-14(22)19(13)25-17(27)11-3-1-2-4-12-18(28)26-20-15(23)9-6-10-16(20)24/h5-10H,1-4,11-12H2,(H,25,27)(H,26,28). The average Bonchev–Trinajstić information content (AvgIpc) is 2.64. The maximum absolute atomic E-state index is 13.4. The van der Waals surface area contributed by atoms with Gasteiger partial charge in [0.2, 0.25) is 11.8 Å². The van der Waals surface area contributed by atoms with E-state index in [1.165, 1.54) is 12.1 Å². The molecule has 0 aromatic heterocycles. The monoisotopic (exact) mass is 396 g/mol. The molecule has 28 heavy (non-hydrogen) atoms. The molecule has 4 nitrogen and oxygen atoms in total. The van der Waals surface area contributed by atoms with Crippen LogP contribution in [0, 0.1) is 23.3 Å². The minimum absolute atomic E-state index is 0.0837. The molecule has 2 aromatic rings. The van der Waals surface area contributed by atoms with Gasteiger partial charge in [0, 0.05) is 12.8 Å². The van der Waals surface area contributed by atoms with E-state index in [0.29, 0.717) is 25.7 Å². The molecule has 0 saturated carbocycles. The van der Waals surface area contributed by atoms with E-state index in [1.807, 2.05) is 0 Å². The summed E-state index contributed by atoms with van der Waals surface area (Å²) < 4.78 is 53.8. The first kappa shape index (κ1) is 21.4. The molecule has 0 radical (unpaired) electrons. The van der Waals surface area contributed by atoms with Crippen LogP contribution in [0.25, 0.3) is 0 Å². The summed E-state index contributed by atoms with van der Waals surface area (Å²) >= 11 is 0. The number of halogens is 4. The van der Waals surface area contributed by atoms with Gasteiger partial charge in [-0.15, -0.1) is 0 Å². The minimum atomic E-state index is -0.842. The van der Waals surface area contributed by atoms with Gasteiger partial charge < -0.3 is 10.6 Å². The summed E-state index contributed by atoms with van der Waals surface area (Å²) in [6.45, 7) is 0. The van der Waals surface area contributed by atoms with Crippen molar-refractivity contribution < 1.29 is 27.2 Å². The topological polar surface area (TPSA) is 58.2 Å². The highest BCUT2D eigenvalue weighted by Crippen LogP contribution is 2.20. The number of para-hydroxylation sites is 2. The average molecular weight is 396 g/mol. The second-order valence-electron chi connectivity index (χ2n) is 6.20. The van der Waals surface area contributed by atoms with Crippen molar-refractivity contribution in [3.8, 4) is 0 Å². The number of rotatable bonds is 9. The molecule has 2 N–H and O–H groups in total. The fraction of sp³-hybridized carbons (Fsp3) is 0.300. The summed E-state index contributed by atoms with van der Waals surface area (Å²) in [5, 5.41) is 4.40. The predicted molar refractivity (Wildman–Crippen MR) is 97.7 cm³/mol. The molecule has 2 aromatic carbocycles. The second-order valence-corrected chi connectivity index (χ2v) is 6.20. The van der Waals surface area contributed by atoms with Crippen molar-refractivity contribution in [2.24, 2.45) is 0 Å². The summed E-state index contributed by atoms with van der Waals surface area (Å²) in [5.74, 6) is -4.37. The molecular formula is C20H20F4N2O2. The number of benzene rings is 2. The predicted octanol–water partition coefficient (Wildman–Crippen LogP) is 5.16. The minimum Gasteiger partial charge on any atom is -0.321 e. The van der Waals surface area contributed by atoms with Gasteiger partial charge >= 0.3 is 0 Å². The molecule has 0 unspecified atom stereocenters. The Morgan fingerprint density at radius 1 is 0.607 bits per heavy atom. The molecule has 0 heterocycles. The fourth-order valence-corrected chi connectivity index (χ4v) is 2.56. The number of amides is 2. The fourth-order valence-electron chi connectivity index (χ4n) is 2.56. The van der Waals surface area contributed by atoms with Crippen molar-refractivity contribution in [3.63, 3.8) is 0 Å². The molecule has 2 amide bonds. The van der Waals surface area contributed by atoms with Crippen molar-refractivity contribution in [3.05, 3.63) is 59.7 Å². The van der Waals surface area contributed by atoms with Crippen molar-refractivity contribution in [1.29, 1.82) is 0 Å². The number of carbonyl (C=O) groups is 2. The summed E-state index contributed by atoms with van der Waals surface area (Å²) in [6.07, 6.45) is 2.36. The van der Waals surface area contributed by atoms with Crippen LogP contribution in [-0.2, 0) is 9.59 Å². The molecule has 0 fully saturated rings. The molecule has 0 aliphatic rings. The van der Waals surface area contributed by atoms with Gasteiger partial charge in [-0.2, -0.15) is 0 Å². The van der Waals surface area contributed by atoms with Gasteiger partial charge in [-0.1, -0.05) is 25.0 Å². The van der Waals surface area contributed by atoms with Crippen LogP contribution in [0.4, 0.5) is 28.9 Å². The highest BCUT2D eigenvalue weighted by atomic mass is 19.1. The Morgan fingerprint density at radius 3 is 1.25 bits per heavy atom. The van der Waals surface area contributed by atoms with Gasteiger partial charge in [0.15, 0.2) is 0 Å². The van der Waals surface area contributed by atoms with Gasteiger partial charge in [-0.3, -0.25) is 9.59 Å². The Labute approximate surface area is 159 Å². The second kappa shape index (κ2) is 10.4. The quantitative estimate of drug-likeness (QED) is 0.454. The summed E-state index contributed by atoms with van der Waals surface area (Å²) in [5.41, 5.74) is -0.936. The zero-order valence-corrected chi connectivity index (χ0v) is 15.0. The zero-order valence-electron chi connectivity index (χ0n) is 15.0. The summed E-state index contributed by atoms with van der Waals surface area (Å²) in [4.78, 5) is 23.5. The van der Waals surface area contributed by atoms with E-state index in [4.69, 9.17) is 0 Å². The molecule has 0 atom stereocenters. The Morgan fingerprint density at radius 2 is 0.929 bits per heavy atom. The van der Waals surface area contributed by atoms with Crippen LogP contribution in [0.1, 0.15) is 38.5 Å². The first-order chi connectivity index (χ1) is 13.4. The number of carbonyl (C=O) groups excluding carboxylic acids is 2. The number of hydrogen-bond acceptors (Lipinski definition) is 2. The van der Waals surface area contributed by atoms with E-state index in [1.54, 1.807) is 0 Å². The Kier molecular flexibility index (Phi) is 7.98. The zero-order chi connectivity index (χ0) is 20.5. The van der Waals surface area contributed by atoms with Crippen LogP contribution in [0.3, 0.4) is 0 Å². The molecular weight excluding hydrogens is 376 g/mol. The van der Waals surface area contributed by atoms with Crippen LogP contribution in [0.15, 0.2) is 36.4 Å². The Bertz CT molecular complexity index is 733. The summed E-state index contributed by atoms with van der Waals surface area (Å²) in [7, 11) is 0. The third-order valence-corrected chi connectivity index (χ3v) is 4.01. The van der Waals surface area contributed by atoms with Gasteiger partial charge in [-0.05, 0) is 37.1 Å². The smallest absolute Gasteiger partial charge is 0.224 e. The number of nitrogens with one attached hydrogen (secondary N) is 2. The maximum atomic E-state index is 13.4. The molecule has 0 aliphatic heterocycles. The van der Waals surface area contributed by atoms with Crippen LogP contribution in [-0.4, -0.2) is 11.8 Å².